The van der Waals surface area contributed by atoms with Gasteiger partial charge < -0.3 is 9.94 Å². The molecule has 0 amide bonds. The largest absolute Gasteiger partial charge is 0.489 e. The first-order chi connectivity index (χ1) is 10.3. The van der Waals surface area contributed by atoms with Crippen LogP contribution in [0.5, 0.6) is 5.75 Å². The summed E-state index contributed by atoms with van der Waals surface area (Å²) in [5.74, 6) is 0.781. The highest BCUT2D eigenvalue weighted by molar-refractivity contribution is 6.12. The summed E-state index contributed by atoms with van der Waals surface area (Å²) in [6.45, 7) is 2.40. The molecule has 0 aliphatic carbocycles. The molecular weight excluding hydrogens is 264 g/mol. The van der Waals surface area contributed by atoms with Crippen LogP contribution in [0.1, 0.15) is 23.6 Å². The Morgan fingerprint density at radius 2 is 2.05 bits per heavy atom. The molecule has 2 rings (SSSR count). The zero-order chi connectivity index (χ0) is 15.1. The third-order valence-electron chi connectivity index (χ3n) is 3.18. The molecule has 106 valence electrons. The lowest BCUT2D eigenvalue weighted by molar-refractivity contribution is 0.305. The number of hydrogen-bond donors (Lipinski definition) is 1. The van der Waals surface area contributed by atoms with Crippen molar-refractivity contribution in [3.05, 3.63) is 65.2 Å². The van der Waals surface area contributed by atoms with Gasteiger partial charge >= 0.3 is 0 Å². The molecule has 0 saturated carbocycles. The first-order valence-corrected chi connectivity index (χ1v) is 6.70. The fourth-order valence-corrected chi connectivity index (χ4v) is 2.03. The number of nitrogens with zero attached hydrogens (tertiary/aromatic N) is 2. The summed E-state index contributed by atoms with van der Waals surface area (Å²) < 4.78 is 5.77. The molecule has 0 bridgehead atoms. The van der Waals surface area contributed by atoms with E-state index in [2.05, 4.69) is 12.1 Å². The highest BCUT2D eigenvalue weighted by Crippen LogP contribution is 2.17. The van der Waals surface area contributed by atoms with E-state index in [1.807, 2.05) is 42.5 Å². The lowest BCUT2D eigenvalue weighted by Crippen LogP contribution is -2.05. The van der Waals surface area contributed by atoms with Crippen LogP contribution in [0.25, 0.3) is 0 Å². The Morgan fingerprint density at radius 3 is 2.76 bits per heavy atom. The molecule has 0 aliphatic heterocycles. The van der Waals surface area contributed by atoms with E-state index in [9.17, 15) is 0 Å². The maximum Gasteiger partial charge on any atom is 0.187 e. The van der Waals surface area contributed by atoms with E-state index in [4.69, 9.17) is 15.2 Å². The van der Waals surface area contributed by atoms with Crippen LogP contribution in [0.3, 0.4) is 0 Å². The zero-order valence-electron chi connectivity index (χ0n) is 11.8. The highest BCUT2D eigenvalue weighted by atomic mass is 16.5. The summed E-state index contributed by atoms with van der Waals surface area (Å²) in [6, 6.07) is 17.0. The van der Waals surface area contributed by atoms with E-state index in [0.29, 0.717) is 12.2 Å². The maximum atomic E-state index is 8.98. The number of ether oxygens (including phenoxy) is 1. The van der Waals surface area contributed by atoms with Crippen LogP contribution in [0.2, 0.25) is 0 Å². The minimum atomic E-state index is -0.0171. The Morgan fingerprint density at radius 1 is 1.24 bits per heavy atom. The van der Waals surface area contributed by atoms with Crippen LogP contribution in [-0.4, -0.2) is 10.9 Å². The number of rotatable bonds is 5. The van der Waals surface area contributed by atoms with Gasteiger partial charge in [-0.3, -0.25) is 0 Å². The van der Waals surface area contributed by atoms with Gasteiger partial charge in [0, 0.05) is 5.56 Å². The SMILES string of the molecule is CCc1cccc(OCc2ccccc2/C(C#N)=N\O)c1. The van der Waals surface area contributed by atoms with Gasteiger partial charge in [-0.2, -0.15) is 5.26 Å². The lowest BCUT2D eigenvalue weighted by Gasteiger charge is -2.10. The third-order valence-corrected chi connectivity index (χ3v) is 3.18. The second-order valence-corrected chi connectivity index (χ2v) is 4.51. The standard InChI is InChI=1S/C17H16N2O2/c1-2-13-6-5-8-15(10-13)21-12-14-7-3-4-9-16(14)17(11-18)19-20/h3-10,20H,2,12H2,1H3/b19-17-. The summed E-state index contributed by atoms with van der Waals surface area (Å²) in [4.78, 5) is 0. The van der Waals surface area contributed by atoms with Crippen LogP contribution >= 0.6 is 0 Å². The Balaban J connectivity index is 2.19. The molecule has 4 nitrogen and oxygen atoms in total. The van der Waals surface area contributed by atoms with Gasteiger partial charge in [0.15, 0.2) is 5.71 Å². The van der Waals surface area contributed by atoms with E-state index in [-0.39, 0.29) is 5.71 Å². The van der Waals surface area contributed by atoms with Crippen LogP contribution in [-0.2, 0) is 13.0 Å². The number of benzene rings is 2. The molecule has 0 spiro atoms. The van der Waals surface area contributed by atoms with Crippen molar-refractivity contribution in [3.8, 4) is 11.8 Å². The second-order valence-electron chi connectivity index (χ2n) is 4.51. The predicted molar refractivity (Wildman–Crippen MR) is 80.5 cm³/mol. The Bertz CT molecular complexity index is 687. The summed E-state index contributed by atoms with van der Waals surface area (Å²) in [5.41, 5.74) is 2.56. The van der Waals surface area contributed by atoms with E-state index < -0.39 is 0 Å². The first-order valence-electron chi connectivity index (χ1n) is 6.70. The molecule has 2 aromatic carbocycles. The lowest BCUT2D eigenvalue weighted by atomic mass is 10.0. The van der Waals surface area contributed by atoms with E-state index in [0.717, 1.165) is 17.7 Å². The van der Waals surface area contributed by atoms with Gasteiger partial charge in [-0.05, 0) is 29.7 Å². The van der Waals surface area contributed by atoms with Crippen LogP contribution in [0.15, 0.2) is 53.7 Å². The molecule has 0 aliphatic rings. The van der Waals surface area contributed by atoms with E-state index >= 15 is 0 Å². The molecular formula is C17H16N2O2. The van der Waals surface area contributed by atoms with Gasteiger partial charge in [-0.15, -0.1) is 0 Å². The Hall–Kier alpha value is -2.80. The number of nitriles is 1. The molecule has 1 N–H and O–H groups in total. The van der Waals surface area contributed by atoms with E-state index in [1.165, 1.54) is 5.56 Å². The summed E-state index contributed by atoms with van der Waals surface area (Å²) in [6.07, 6.45) is 0.948. The molecule has 2 aromatic rings. The van der Waals surface area contributed by atoms with Gasteiger partial charge in [0.05, 0.1) is 0 Å². The summed E-state index contributed by atoms with van der Waals surface area (Å²) >= 11 is 0. The Kier molecular flexibility index (Phi) is 4.94. The molecule has 0 aromatic heterocycles. The monoisotopic (exact) mass is 280 g/mol. The smallest absolute Gasteiger partial charge is 0.187 e. The van der Waals surface area contributed by atoms with Gasteiger partial charge in [0.1, 0.15) is 18.4 Å². The minimum absolute atomic E-state index is 0.0171. The molecule has 0 atom stereocenters. The fraction of sp³-hybridized carbons (Fsp3) is 0.176. The van der Waals surface area contributed by atoms with Gasteiger partial charge in [0.2, 0.25) is 0 Å². The molecule has 0 radical (unpaired) electrons. The fourth-order valence-electron chi connectivity index (χ4n) is 2.03. The maximum absolute atomic E-state index is 8.98. The third kappa shape index (κ3) is 3.61. The first kappa shape index (κ1) is 14.6. The van der Waals surface area contributed by atoms with Crippen molar-refractivity contribution in [2.75, 3.05) is 0 Å². The van der Waals surface area contributed by atoms with Crippen molar-refractivity contribution in [2.24, 2.45) is 5.16 Å². The molecule has 0 unspecified atom stereocenters. The highest BCUT2D eigenvalue weighted by Gasteiger charge is 2.09. The zero-order valence-corrected chi connectivity index (χ0v) is 11.8. The van der Waals surface area contributed by atoms with Crippen LogP contribution < -0.4 is 4.74 Å². The number of oxime groups is 1. The van der Waals surface area contributed by atoms with Crippen LogP contribution in [0, 0.1) is 11.3 Å². The topological polar surface area (TPSA) is 65.6 Å². The number of aryl methyl sites for hydroxylation is 1. The molecule has 0 saturated heterocycles. The van der Waals surface area contributed by atoms with Crippen molar-refractivity contribution in [3.63, 3.8) is 0 Å². The molecule has 0 fully saturated rings. The molecule has 0 heterocycles. The van der Waals surface area contributed by atoms with Crippen molar-refractivity contribution in [1.29, 1.82) is 5.26 Å². The number of hydrogen-bond acceptors (Lipinski definition) is 4. The van der Waals surface area contributed by atoms with E-state index in [1.54, 1.807) is 12.1 Å². The van der Waals surface area contributed by atoms with Gasteiger partial charge in [-0.1, -0.05) is 48.5 Å². The predicted octanol–water partition coefficient (Wildman–Crippen LogP) is 3.53. The molecule has 21 heavy (non-hydrogen) atoms. The van der Waals surface area contributed by atoms with Crippen molar-refractivity contribution in [1.82, 2.24) is 0 Å². The van der Waals surface area contributed by atoms with Crippen molar-refractivity contribution in [2.45, 2.75) is 20.0 Å². The quantitative estimate of drug-likeness (QED) is 0.517. The summed E-state index contributed by atoms with van der Waals surface area (Å²) in [7, 11) is 0. The average molecular weight is 280 g/mol. The average Bonchev–Trinajstić information content (AvgIpc) is 2.55. The van der Waals surface area contributed by atoms with Crippen molar-refractivity contribution < 1.29 is 9.94 Å². The summed E-state index contributed by atoms with van der Waals surface area (Å²) in [5, 5.41) is 20.9. The van der Waals surface area contributed by atoms with Crippen molar-refractivity contribution >= 4 is 5.71 Å². The van der Waals surface area contributed by atoms with Crippen LogP contribution in [0.4, 0.5) is 0 Å². The normalized spacial score (nSPS) is 11.0. The van der Waals surface area contributed by atoms with Gasteiger partial charge in [-0.25, -0.2) is 0 Å². The second kappa shape index (κ2) is 7.11. The minimum Gasteiger partial charge on any atom is -0.489 e. The van der Waals surface area contributed by atoms with Gasteiger partial charge in [0.25, 0.3) is 0 Å². The Labute approximate surface area is 123 Å². The molecule has 4 heteroatoms.